The molecule has 1 aliphatic heterocycles. The van der Waals surface area contributed by atoms with Gasteiger partial charge >= 0.3 is 0 Å². The van der Waals surface area contributed by atoms with Crippen LogP contribution in [0.5, 0.6) is 17.2 Å². The second kappa shape index (κ2) is 6.81. The van der Waals surface area contributed by atoms with E-state index in [1.54, 1.807) is 6.07 Å². The van der Waals surface area contributed by atoms with Gasteiger partial charge < -0.3 is 25.5 Å². The van der Waals surface area contributed by atoms with E-state index in [2.05, 4.69) is 17.1 Å². The molecule has 5 heteroatoms. The van der Waals surface area contributed by atoms with Crippen molar-refractivity contribution >= 4 is 0 Å². The molecule has 2 rings (SSSR count). The minimum atomic E-state index is -0.451. The third kappa shape index (κ3) is 3.77. The molecule has 1 aromatic rings. The minimum Gasteiger partial charge on any atom is -0.504 e. The summed E-state index contributed by atoms with van der Waals surface area (Å²) in [5, 5.41) is 31.9. The van der Waals surface area contributed by atoms with Gasteiger partial charge in [0.1, 0.15) is 0 Å². The Hall–Kier alpha value is -1.46. The fraction of sp³-hybridized carbons (Fsp3) is 0.600. The Kier molecular flexibility index (Phi) is 5.09. The van der Waals surface area contributed by atoms with E-state index in [0.29, 0.717) is 18.2 Å². The molecule has 1 aliphatic rings. The zero-order valence-corrected chi connectivity index (χ0v) is 12.0. The summed E-state index contributed by atoms with van der Waals surface area (Å²) in [7, 11) is 0. The lowest BCUT2D eigenvalue weighted by molar-refractivity contribution is 0.208. The molecule has 1 unspecified atom stereocenters. The Morgan fingerprint density at radius 2 is 1.80 bits per heavy atom. The summed E-state index contributed by atoms with van der Waals surface area (Å²) in [6.45, 7) is 5.90. The van der Waals surface area contributed by atoms with Crippen molar-refractivity contribution in [3.63, 3.8) is 0 Å². The number of phenols is 3. The molecule has 1 aromatic carbocycles. The molecular formula is C15H24N2O3. The fourth-order valence-corrected chi connectivity index (χ4v) is 2.63. The number of phenolic OH excluding ortho intramolecular Hbond substituents is 3. The van der Waals surface area contributed by atoms with Crippen LogP contribution in [0.3, 0.4) is 0 Å². The molecule has 5 nitrogen and oxygen atoms in total. The molecule has 4 N–H and O–H groups in total. The van der Waals surface area contributed by atoms with Crippen LogP contribution in [0.4, 0.5) is 0 Å². The molecule has 0 amide bonds. The quantitative estimate of drug-likeness (QED) is 0.618. The third-order valence-electron chi connectivity index (χ3n) is 3.84. The van der Waals surface area contributed by atoms with E-state index in [1.807, 2.05) is 0 Å². The SMILES string of the molecule is CC(CN1CCCCC1)NCc1ccc(O)c(O)c1O. The van der Waals surface area contributed by atoms with Crippen molar-refractivity contribution in [2.75, 3.05) is 19.6 Å². The molecule has 1 atom stereocenters. The highest BCUT2D eigenvalue weighted by molar-refractivity contribution is 5.52. The number of hydrogen-bond donors (Lipinski definition) is 4. The van der Waals surface area contributed by atoms with Gasteiger partial charge in [0.15, 0.2) is 11.5 Å². The van der Waals surface area contributed by atoms with Crippen LogP contribution in [0.25, 0.3) is 0 Å². The lowest BCUT2D eigenvalue weighted by Gasteiger charge is -2.29. The standard InChI is InChI=1S/C15H24N2O3/c1-11(10-17-7-3-2-4-8-17)16-9-12-5-6-13(18)15(20)14(12)19/h5-6,11,16,18-20H,2-4,7-10H2,1H3. The Labute approximate surface area is 119 Å². The molecule has 1 saturated heterocycles. The van der Waals surface area contributed by atoms with E-state index in [1.165, 1.54) is 25.3 Å². The van der Waals surface area contributed by atoms with Crippen LogP contribution in [-0.2, 0) is 6.54 Å². The summed E-state index contributed by atoms with van der Waals surface area (Å²) in [6.07, 6.45) is 3.89. The highest BCUT2D eigenvalue weighted by Crippen LogP contribution is 2.36. The molecular weight excluding hydrogens is 256 g/mol. The largest absolute Gasteiger partial charge is 0.504 e. The molecule has 0 aromatic heterocycles. The molecule has 1 fully saturated rings. The van der Waals surface area contributed by atoms with Crippen molar-refractivity contribution in [1.82, 2.24) is 10.2 Å². The second-order valence-corrected chi connectivity index (χ2v) is 5.58. The number of nitrogens with one attached hydrogen (secondary N) is 1. The topological polar surface area (TPSA) is 76.0 Å². The normalized spacial score (nSPS) is 18.1. The van der Waals surface area contributed by atoms with Gasteiger partial charge in [-0.2, -0.15) is 0 Å². The number of benzene rings is 1. The van der Waals surface area contributed by atoms with Gasteiger partial charge in [0.2, 0.25) is 5.75 Å². The van der Waals surface area contributed by atoms with Crippen LogP contribution in [0.2, 0.25) is 0 Å². The molecule has 0 saturated carbocycles. The smallest absolute Gasteiger partial charge is 0.200 e. The number of aromatic hydroxyl groups is 3. The lowest BCUT2D eigenvalue weighted by atomic mass is 10.1. The Bertz CT molecular complexity index is 445. The molecule has 20 heavy (non-hydrogen) atoms. The highest BCUT2D eigenvalue weighted by Gasteiger charge is 2.15. The van der Waals surface area contributed by atoms with Gasteiger partial charge in [-0.05, 0) is 38.9 Å². The Balaban J connectivity index is 1.83. The van der Waals surface area contributed by atoms with Gasteiger partial charge in [-0.3, -0.25) is 0 Å². The maximum Gasteiger partial charge on any atom is 0.200 e. The number of nitrogens with zero attached hydrogens (tertiary/aromatic N) is 1. The van der Waals surface area contributed by atoms with E-state index < -0.39 is 5.75 Å². The first-order valence-corrected chi connectivity index (χ1v) is 7.26. The lowest BCUT2D eigenvalue weighted by Crippen LogP contribution is -2.41. The summed E-state index contributed by atoms with van der Waals surface area (Å²) in [5.74, 6) is -0.997. The molecule has 1 heterocycles. The highest BCUT2D eigenvalue weighted by atomic mass is 16.3. The maximum absolute atomic E-state index is 9.75. The van der Waals surface area contributed by atoms with E-state index >= 15 is 0 Å². The number of hydrogen-bond acceptors (Lipinski definition) is 5. The van der Waals surface area contributed by atoms with E-state index in [9.17, 15) is 15.3 Å². The second-order valence-electron chi connectivity index (χ2n) is 5.58. The van der Waals surface area contributed by atoms with Crippen LogP contribution in [0, 0.1) is 0 Å². The molecule has 0 spiro atoms. The molecule has 112 valence electrons. The monoisotopic (exact) mass is 280 g/mol. The van der Waals surface area contributed by atoms with Gasteiger partial charge in [0.05, 0.1) is 0 Å². The van der Waals surface area contributed by atoms with E-state index in [-0.39, 0.29) is 11.5 Å². The summed E-state index contributed by atoms with van der Waals surface area (Å²) < 4.78 is 0. The van der Waals surface area contributed by atoms with Crippen LogP contribution in [0.1, 0.15) is 31.7 Å². The maximum atomic E-state index is 9.75. The van der Waals surface area contributed by atoms with Crippen molar-refractivity contribution < 1.29 is 15.3 Å². The van der Waals surface area contributed by atoms with Crippen molar-refractivity contribution in [3.05, 3.63) is 17.7 Å². The number of likely N-dealkylation sites (tertiary alicyclic amines) is 1. The van der Waals surface area contributed by atoms with Gasteiger partial charge in [-0.25, -0.2) is 0 Å². The summed E-state index contributed by atoms with van der Waals surface area (Å²) in [5.41, 5.74) is 0.589. The Morgan fingerprint density at radius 1 is 1.10 bits per heavy atom. The third-order valence-corrected chi connectivity index (χ3v) is 3.84. The van der Waals surface area contributed by atoms with Gasteiger partial charge in [0.25, 0.3) is 0 Å². The van der Waals surface area contributed by atoms with Crippen molar-refractivity contribution in [2.24, 2.45) is 0 Å². The fourth-order valence-electron chi connectivity index (χ4n) is 2.63. The molecule has 0 bridgehead atoms. The zero-order valence-electron chi connectivity index (χ0n) is 12.0. The average Bonchev–Trinajstić information content (AvgIpc) is 2.45. The molecule has 0 aliphatic carbocycles. The minimum absolute atomic E-state index is 0.248. The summed E-state index contributed by atoms with van der Waals surface area (Å²) >= 11 is 0. The zero-order chi connectivity index (χ0) is 14.5. The first-order valence-electron chi connectivity index (χ1n) is 7.26. The number of piperidine rings is 1. The van der Waals surface area contributed by atoms with Gasteiger partial charge in [-0.1, -0.05) is 12.5 Å². The first kappa shape index (κ1) is 14.9. The summed E-state index contributed by atoms with van der Waals surface area (Å²) in [4.78, 5) is 2.45. The van der Waals surface area contributed by atoms with E-state index in [0.717, 1.165) is 19.6 Å². The van der Waals surface area contributed by atoms with Crippen LogP contribution in [0.15, 0.2) is 12.1 Å². The predicted molar refractivity (Wildman–Crippen MR) is 78.0 cm³/mol. The number of rotatable bonds is 5. The van der Waals surface area contributed by atoms with Gasteiger partial charge in [-0.15, -0.1) is 0 Å². The Morgan fingerprint density at radius 3 is 2.50 bits per heavy atom. The molecule has 0 radical (unpaired) electrons. The van der Waals surface area contributed by atoms with Crippen LogP contribution >= 0.6 is 0 Å². The van der Waals surface area contributed by atoms with Crippen LogP contribution in [-0.4, -0.2) is 45.9 Å². The van der Waals surface area contributed by atoms with Gasteiger partial charge in [0, 0.05) is 24.7 Å². The van der Waals surface area contributed by atoms with Crippen molar-refractivity contribution in [2.45, 2.75) is 38.8 Å². The predicted octanol–water partition coefficient (Wildman–Crippen LogP) is 1.77. The van der Waals surface area contributed by atoms with E-state index in [4.69, 9.17) is 0 Å². The average molecular weight is 280 g/mol. The van der Waals surface area contributed by atoms with Crippen molar-refractivity contribution in [1.29, 1.82) is 0 Å². The van der Waals surface area contributed by atoms with Crippen molar-refractivity contribution in [3.8, 4) is 17.2 Å². The first-order chi connectivity index (χ1) is 9.58. The summed E-state index contributed by atoms with van der Waals surface area (Å²) in [6, 6.07) is 3.32. The van der Waals surface area contributed by atoms with Crippen LogP contribution < -0.4 is 5.32 Å².